The van der Waals surface area contributed by atoms with Crippen LogP contribution in [0.3, 0.4) is 0 Å². The average Bonchev–Trinajstić information content (AvgIpc) is 3.64. The standard InChI is InChI=1S/C69H134O17P2/c1-9-62(8)48-40-32-24-16-10-11-17-26-35-43-51-68(73)85-65(56-80-67(72)50-42-34-28-20-23-31-39-47-61(6)7)58-84-88(77,78)82-54-63(70)53-81-87(75,76)83-57-64(86-69(74)52-44-36-27-19-13-15-22-30-38-46-60(4)5)55-79-66(71)49-41-33-25-18-12-14-21-29-37-45-59(2)3/h59-65,70H,9-58H2,1-8H3,(H,75,76)(H,77,78)/t62?,63?,64-,65-/m1/s1. The second-order valence-electron chi connectivity index (χ2n) is 26.6. The number of aliphatic hydroxyl groups is 1. The Bertz CT molecular complexity index is 1750. The van der Waals surface area contributed by atoms with Crippen molar-refractivity contribution < 1.29 is 80.2 Å². The number of carbonyl (C=O) groups excluding carboxylic acids is 4. The van der Waals surface area contributed by atoms with Gasteiger partial charge in [0.2, 0.25) is 0 Å². The summed E-state index contributed by atoms with van der Waals surface area (Å²) in [6.45, 7) is 14.1. The molecule has 4 unspecified atom stereocenters. The smallest absolute Gasteiger partial charge is 0.462 e. The van der Waals surface area contributed by atoms with Gasteiger partial charge in [0.15, 0.2) is 12.2 Å². The molecule has 6 atom stereocenters. The van der Waals surface area contributed by atoms with Crippen molar-refractivity contribution in [3.8, 4) is 0 Å². The SMILES string of the molecule is CCC(C)CCCCCCCCCCCCC(=O)O[C@H](COC(=O)CCCCCCCCCC(C)C)COP(=O)(O)OCC(O)COP(=O)(O)OC[C@@H](COC(=O)CCCCCCCCCCCC(C)C)OC(=O)CCCCCCCCCCCC(C)C. The maximum atomic E-state index is 13.0. The van der Waals surface area contributed by atoms with E-state index in [4.69, 9.17) is 37.0 Å². The molecule has 88 heavy (non-hydrogen) atoms. The van der Waals surface area contributed by atoms with Gasteiger partial charge in [0.25, 0.3) is 0 Å². The molecule has 0 amide bonds. The highest BCUT2D eigenvalue weighted by atomic mass is 31.2. The van der Waals surface area contributed by atoms with Gasteiger partial charge >= 0.3 is 39.5 Å². The van der Waals surface area contributed by atoms with Gasteiger partial charge in [-0.2, -0.15) is 0 Å². The molecule has 522 valence electrons. The third-order valence-electron chi connectivity index (χ3n) is 16.2. The lowest BCUT2D eigenvalue weighted by atomic mass is 9.99. The molecule has 0 aliphatic rings. The van der Waals surface area contributed by atoms with Gasteiger partial charge in [0.1, 0.15) is 19.3 Å². The van der Waals surface area contributed by atoms with E-state index < -0.39 is 97.5 Å². The van der Waals surface area contributed by atoms with E-state index in [9.17, 15) is 43.2 Å². The highest BCUT2D eigenvalue weighted by Crippen LogP contribution is 2.45. The summed E-state index contributed by atoms with van der Waals surface area (Å²) >= 11 is 0. The number of hydrogen-bond donors (Lipinski definition) is 3. The van der Waals surface area contributed by atoms with Crippen molar-refractivity contribution in [1.29, 1.82) is 0 Å². The van der Waals surface area contributed by atoms with Crippen LogP contribution in [0.1, 0.15) is 338 Å². The van der Waals surface area contributed by atoms with Gasteiger partial charge in [-0.25, -0.2) is 9.13 Å². The highest BCUT2D eigenvalue weighted by molar-refractivity contribution is 7.47. The minimum absolute atomic E-state index is 0.104. The Hall–Kier alpha value is -1.94. The Morgan fingerprint density at radius 1 is 0.318 bits per heavy atom. The van der Waals surface area contributed by atoms with E-state index in [1.165, 1.54) is 135 Å². The zero-order valence-electron chi connectivity index (χ0n) is 57.3. The monoisotopic (exact) mass is 1300 g/mol. The predicted molar refractivity (Wildman–Crippen MR) is 354 cm³/mol. The van der Waals surface area contributed by atoms with Crippen molar-refractivity contribution in [2.75, 3.05) is 39.6 Å². The average molecular weight is 1300 g/mol. The number of phosphoric ester groups is 2. The topological polar surface area (TPSA) is 237 Å². The number of unbranched alkanes of at least 4 members (excludes halogenated alkanes) is 31. The van der Waals surface area contributed by atoms with Crippen molar-refractivity contribution in [3.63, 3.8) is 0 Å². The molecule has 0 bridgehead atoms. The fraction of sp³-hybridized carbons (Fsp3) is 0.942. The molecule has 0 fully saturated rings. The molecular weight excluding hydrogens is 1160 g/mol. The molecule has 3 N–H and O–H groups in total. The zero-order valence-corrected chi connectivity index (χ0v) is 59.1. The van der Waals surface area contributed by atoms with Crippen LogP contribution in [0.15, 0.2) is 0 Å². The molecule has 17 nitrogen and oxygen atoms in total. The highest BCUT2D eigenvalue weighted by Gasteiger charge is 2.30. The first-order valence-electron chi connectivity index (χ1n) is 35.7. The maximum Gasteiger partial charge on any atom is 0.472 e. The van der Waals surface area contributed by atoms with E-state index in [2.05, 4.69) is 55.4 Å². The van der Waals surface area contributed by atoms with Crippen molar-refractivity contribution in [2.45, 2.75) is 356 Å². The molecule has 0 aromatic heterocycles. The molecule has 0 saturated heterocycles. The van der Waals surface area contributed by atoms with E-state index in [0.717, 1.165) is 114 Å². The fourth-order valence-electron chi connectivity index (χ4n) is 10.3. The summed E-state index contributed by atoms with van der Waals surface area (Å²) < 4.78 is 68.2. The minimum Gasteiger partial charge on any atom is -0.462 e. The van der Waals surface area contributed by atoms with Crippen LogP contribution < -0.4 is 0 Å². The molecule has 0 rings (SSSR count). The third-order valence-corrected chi connectivity index (χ3v) is 18.1. The van der Waals surface area contributed by atoms with Gasteiger partial charge in [0.05, 0.1) is 26.4 Å². The quantitative estimate of drug-likeness (QED) is 0.0222. The van der Waals surface area contributed by atoms with Gasteiger partial charge in [-0.3, -0.25) is 37.3 Å². The number of hydrogen-bond acceptors (Lipinski definition) is 15. The maximum absolute atomic E-state index is 13.0. The Kier molecular flexibility index (Phi) is 57.6. The molecule has 0 saturated carbocycles. The van der Waals surface area contributed by atoms with Crippen LogP contribution >= 0.6 is 15.6 Å². The molecule has 0 aromatic rings. The van der Waals surface area contributed by atoms with Crippen LogP contribution in [-0.4, -0.2) is 96.7 Å². The van der Waals surface area contributed by atoms with Crippen LogP contribution in [0.5, 0.6) is 0 Å². The Balaban J connectivity index is 5.26. The number of aliphatic hydroxyl groups excluding tert-OH is 1. The Morgan fingerprint density at radius 2 is 0.545 bits per heavy atom. The van der Waals surface area contributed by atoms with Gasteiger partial charge in [-0.1, -0.05) is 287 Å². The summed E-state index contributed by atoms with van der Waals surface area (Å²) in [4.78, 5) is 72.5. The lowest BCUT2D eigenvalue weighted by Crippen LogP contribution is -2.30. The Labute approximate surface area is 537 Å². The largest absolute Gasteiger partial charge is 0.472 e. The van der Waals surface area contributed by atoms with Crippen molar-refractivity contribution in [2.24, 2.45) is 23.7 Å². The third kappa shape index (κ3) is 61.6. The van der Waals surface area contributed by atoms with Gasteiger partial charge < -0.3 is 33.8 Å². The summed E-state index contributed by atoms with van der Waals surface area (Å²) in [5, 5.41) is 10.6. The van der Waals surface area contributed by atoms with Crippen LogP contribution in [0, 0.1) is 23.7 Å². The predicted octanol–water partition coefficient (Wildman–Crippen LogP) is 19.3. The van der Waals surface area contributed by atoms with Crippen LogP contribution in [0.2, 0.25) is 0 Å². The van der Waals surface area contributed by atoms with Gasteiger partial charge in [0, 0.05) is 25.7 Å². The Morgan fingerprint density at radius 3 is 0.807 bits per heavy atom. The lowest BCUT2D eigenvalue weighted by molar-refractivity contribution is -0.161. The van der Waals surface area contributed by atoms with Crippen molar-refractivity contribution >= 4 is 39.5 Å². The fourth-order valence-corrected chi connectivity index (χ4v) is 11.9. The summed E-state index contributed by atoms with van der Waals surface area (Å²) in [5.41, 5.74) is 0. The van der Waals surface area contributed by atoms with Crippen molar-refractivity contribution in [3.05, 3.63) is 0 Å². The molecule has 0 heterocycles. The van der Waals surface area contributed by atoms with E-state index in [1.54, 1.807) is 0 Å². The van der Waals surface area contributed by atoms with Crippen LogP contribution in [-0.2, 0) is 65.4 Å². The lowest BCUT2D eigenvalue weighted by Gasteiger charge is -2.21. The van der Waals surface area contributed by atoms with Crippen molar-refractivity contribution in [1.82, 2.24) is 0 Å². The molecule has 19 heteroatoms. The molecule has 0 radical (unpaired) electrons. The van der Waals surface area contributed by atoms with E-state index in [0.29, 0.717) is 31.6 Å². The molecular formula is C69H134O17P2. The van der Waals surface area contributed by atoms with Crippen LogP contribution in [0.25, 0.3) is 0 Å². The summed E-state index contributed by atoms with van der Waals surface area (Å²) in [6.07, 6.45) is 40.3. The summed E-state index contributed by atoms with van der Waals surface area (Å²) in [5.74, 6) is 0.856. The number of carbonyl (C=O) groups is 4. The van der Waals surface area contributed by atoms with E-state index >= 15 is 0 Å². The van der Waals surface area contributed by atoms with Gasteiger partial charge in [-0.15, -0.1) is 0 Å². The number of ether oxygens (including phenoxy) is 4. The first-order chi connectivity index (χ1) is 42.1. The molecule has 0 aliphatic heterocycles. The molecule has 0 spiro atoms. The number of rotatable bonds is 66. The van der Waals surface area contributed by atoms with E-state index in [1.807, 2.05) is 0 Å². The first kappa shape index (κ1) is 86.1. The first-order valence-corrected chi connectivity index (χ1v) is 38.7. The van der Waals surface area contributed by atoms with Gasteiger partial charge in [-0.05, 0) is 49.4 Å². The molecule has 0 aromatic carbocycles. The van der Waals surface area contributed by atoms with E-state index in [-0.39, 0.29) is 25.7 Å². The van der Waals surface area contributed by atoms with Crippen LogP contribution in [0.4, 0.5) is 0 Å². The normalized spacial score (nSPS) is 14.6. The summed E-state index contributed by atoms with van der Waals surface area (Å²) in [6, 6.07) is 0. The second kappa shape index (κ2) is 58.8. The number of esters is 4. The number of phosphoric acid groups is 2. The summed E-state index contributed by atoms with van der Waals surface area (Å²) in [7, 11) is -9.90. The zero-order chi connectivity index (χ0) is 65.4. The molecule has 0 aliphatic carbocycles. The second-order valence-corrected chi connectivity index (χ2v) is 29.5. The minimum atomic E-state index is -4.95.